The summed E-state index contributed by atoms with van der Waals surface area (Å²) >= 11 is 0. The lowest BCUT2D eigenvalue weighted by Gasteiger charge is -2.07. The van der Waals surface area contributed by atoms with Crippen LogP contribution in [0, 0.1) is 6.92 Å². The molecule has 0 atom stereocenters. The van der Waals surface area contributed by atoms with E-state index in [2.05, 4.69) is 39.7 Å². The van der Waals surface area contributed by atoms with E-state index >= 15 is 0 Å². The molecule has 0 aliphatic heterocycles. The molecule has 0 saturated heterocycles. The minimum Gasteiger partial charge on any atom is -0.506 e. The highest BCUT2D eigenvalue weighted by molar-refractivity contribution is 5.82. The van der Waals surface area contributed by atoms with Gasteiger partial charge in [0.25, 0.3) is 0 Å². The molecular weight excluding hydrogens is 238 g/mol. The predicted molar refractivity (Wildman–Crippen MR) is 75.0 cm³/mol. The number of nitrogens with zero attached hydrogens (tertiary/aromatic N) is 3. The maximum atomic E-state index is 9.95. The number of hydrogen-bond donors (Lipinski definition) is 1. The van der Waals surface area contributed by atoms with E-state index in [4.69, 9.17) is 0 Å². The molecule has 1 aromatic carbocycles. The Kier molecular flexibility index (Phi) is 2.71. The normalized spacial score (nSPS) is 11.1. The number of imidazole rings is 1. The Hall–Kier alpha value is -2.36. The molecule has 1 N–H and O–H groups in total. The Morgan fingerprint density at radius 2 is 2.11 bits per heavy atom. The largest absolute Gasteiger partial charge is 0.506 e. The SMILES string of the molecule is CCn1c(-c2ccncc2O)nc2cc(C)ccc21. The second kappa shape index (κ2) is 4.39. The summed E-state index contributed by atoms with van der Waals surface area (Å²) in [7, 11) is 0. The van der Waals surface area contributed by atoms with Crippen molar-refractivity contribution in [1.82, 2.24) is 14.5 Å². The van der Waals surface area contributed by atoms with E-state index in [1.807, 2.05) is 6.92 Å². The summed E-state index contributed by atoms with van der Waals surface area (Å²) in [4.78, 5) is 8.56. The van der Waals surface area contributed by atoms with Crippen molar-refractivity contribution in [3.8, 4) is 17.1 Å². The van der Waals surface area contributed by atoms with Gasteiger partial charge in [0.15, 0.2) is 0 Å². The maximum Gasteiger partial charge on any atom is 0.144 e. The first kappa shape index (κ1) is 11.7. The summed E-state index contributed by atoms with van der Waals surface area (Å²) in [6.45, 7) is 4.92. The van der Waals surface area contributed by atoms with Gasteiger partial charge < -0.3 is 9.67 Å². The number of benzene rings is 1. The first-order chi connectivity index (χ1) is 9.20. The highest BCUT2D eigenvalue weighted by atomic mass is 16.3. The number of hydrogen-bond acceptors (Lipinski definition) is 3. The molecule has 0 bridgehead atoms. The molecule has 0 fully saturated rings. The minimum absolute atomic E-state index is 0.157. The van der Waals surface area contributed by atoms with Crippen LogP contribution >= 0.6 is 0 Å². The van der Waals surface area contributed by atoms with Crippen LogP contribution in [0.5, 0.6) is 5.75 Å². The van der Waals surface area contributed by atoms with Crippen molar-refractivity contribution < 1.29 is 5.11 Å². The Morgan fingerprint density at radius 3 is 2.84 bits per heavy atom. The third-order valence-corrected chi connectivity index (χ3v) is 3.26. The molecule has 4 heteroatoms. The number of aromatic nitrogens is 3. The molecule has 19 heavy (non-hydrogen) atoms. The van der Waals surface area contributed by atoms with Gasteiger partial charge in [0, 0.05) is 12.7 Å². The van der Waals surface area contributed by atoms with Crippen LogP contribution in [0.2, 0.25) is 0 Å². The van der Waals surface area contributed by atoms with Crippen LogP contribution in [-0.4, -0.2) is 19.6 Å². The van der Waals surface area contributed by atoms with Gasteiger partial charge in [0.05, 0.1) is 22.8 Å². The lowest BCUT2D eigenvalue weighted by atomic mass is 10.2. The topological polar surface area (TPSA) is 50.9 Å². The monoisotopic (exact) mass is 253 g/mol. The molecule has 2 aromatic heterocycles. The summed E-state index contributed by atoms with van der Waals surface area (Å²) < 4.78 is 2.10. The number of aromatic hydroxyl groups is 1. The Balaban J connectivity index is 2.32. The minimum atomic E-state index is 0.157. The van der Waals surface area contributed by atoms with Crippen molar-refractivity contribution in [2.24, 2.45) is 0 Å². The van der Waals surface area contributed by atoms with Gasteiger partial charge in [0.2, 0.25) is 0 Å². The van der Waals surface area contributed by atoms with E-state index in [0.717, 1.165) is 23.4 Å². The molecule has 96 valence electrons. The standard InChI is InChI=1S/C15H15N3O/c1-3-18-13-5-4-10(2)8-12(13)17-15(18)11-6-7-16-9-14(11)19/h4-9,19H,3H2,1-2H3. The Bertz CT molecular complexity index is 746. The average Bonchev–Trinajstić information content (AvgIpc) is 2.76. The van der Waals surface area contributed by atoms with Gasteiger partial charge in [-0.15, -0.1) is 0 Å². The van der Waals surface area contributed by atoms with Crippen LogP contribution in [0.4, 0.5) is 0 Å². The molecule has 3 aromatic rings. The molecule has 0 radical (unpaired) electrons. The molecule has 0 unspecified atom stereocenters. The quantitative estimate of drug-likeness (QED) is 0.763. The summed E-state index contributed by atoms with van der Waals surface area (Å²) in [6.07, 6.45) is 3.11. The fourth-order valence-electron chi connectivity index (χ4n) is 2.34. The first-order valence-electron chi connectivity index (χ1n) is 6.31. The molecule has 2 heterocycles. The van der Waals surface area contributed by atoms with E-state index in [1.54, 1.807) is 12.3 Å². The summed E-state index contributed by atoms with van der Waals surface area (Å²) in [5, 5.41) is 9.95. The molecule has 0 spiro atoms. The van der Waals surface area contributed by atoms with Gasteiger partial charge in [-0.3, -0.25) is 4.98 Å². The molecule has 0 aliphatic rings. The number of rotatable bonds is 2. The first-order valence-corrected chi connectivity index (χ1v) is 6.31. The van der Waals surface area contributed by atoms with E-state index in [1.165, 1.54) is 11.8 Å². The molecule has 0 amide bonds. The smallest absolute Gasteiger partial charge is 0.144 e. The van der Waals surface area contributed by atoms with Gasteiger partial charge in [-0.1, -0.05) is 6.07 Å². The predicted octanol–water partition coefficient (Wildman–Crippen LogP) is 3.13. The van der Waals surface area contributed by atoms with Crippen molar-refractivity contribution in [3.05, 3.63) is 42.2 Å². The lowest BCUT2D eigenvalue weighted by Crippen LogP contribution is -1.97. The van der Waals surface area contributed by atoms with Crippen LogP contribution in [0.3, 0.4) is 0 Å². The van der Waals surface area contributed by atoms with E-state index in [0.29, 0.717) is 5.56 Å². The highest BCUT2D eigenvalue weighted by Gasteiger charge is 2.14. The second-order valence-electron chi connectivity index (χ2n) is 4.56. The third kappa shape index (κ3) is 1.85. The van der Waals surface area contributed by atoms with Crippen LogP contribution in [0.15, 0.2) is 36.7 Å². The van der Waals surface area contributed by atoms with Crippen molar-refractivity contribution in [2.45, 2.75) is 20.4 Å². The van der Waals surface area contributed by atoms with Crippen molar-refractivity contribution >= 4 is 11.0 Å². The zero-order chi connectivity index (χ0) is 13.4. The summed E-state index contributed by atoms with van der Waals surface area (Å²) in [5.41, 5.74) is 3.93. The van der Waals surface area contributed by atoms with Gasteiger partial charge in [-0.25, -0.2) is 4.98 Å². The van der Waals surface area contributed by atoms with Crippen LogP contribution in [0.1, 0.15) is 12.5 Å². The summed E-state index contributed by atoms with van der Waals surface area (Å²) in [5.74, 6) is 0.937. The molecule has 3 rings (SSSR count). The van der Waals surface area contributed by atoms with Crippen LogP contribution in [0.25, 0.3) is 22.4 Å². The molecule has 4 nitrogen and oxygen atoms in total. The van der Waals surface area contributed by atoms with Gasteiger partial charge in [-0.2, -0.15) is 0 Å². The number of aryl methyl sites for hydroxylation is 2. The van der Waals surface area contributed by atoms with Crippen molar-refractivity contribution in [1.29, 1.82) is 0 Å². The Labute approximate surface area is 111 Å². The van der Waals surface area contributed by atoms with Gasteiger partial charge >= 0.3 is 0 Å². The van der Waals surface area contributed by atoms with E-state index < -0.39 is 0 Å². The zero-order valence-electron chi connectivity index (χ0n) is 11.0. The Morgan fingerprint density at radius 1 is 1.26 bits per heavy atom. The number of pyridine rings is 1. The fourth-order valence-corrected chi connectivity index (χ4v) is 2.34. The lowest BCUT2D eigenvalue weighted by molar-refractivity contribution is 0.474. The number of fused-ring (bicyclic) bond motifs is 1. The molecule has 0 aliphatic carbocycles. The average molecular weight is 253 g/mol. The van der Waals surface area contributed by atoms with Gasteiger partial charge in [-0.05, 0) is 37.6 Å². The van der Waals surface area contributed by atoms with E-state index in [-0.39, 0.29) is 5.75 Å². The molecule has 0 saturated carbocycles. The highest BCUT2D eigenvalue weighted by Crippen LogP contribution is 2.30. The fraction of sp³-hybridized carbons (Fsp3) is 0.200. The van der Waals surface area contributed by atoms with E-state index in [9.17, 15) is 5.11 Å². The van der Waals surface area contributed by atoms with Crippen molar-refractivity contribution in [2.75, 3.05) is 0 Å². The van der Waals surface area contributed by atoms with Crippen molar-refractivity contribution in [3.63, 3.8) is 0 Å². The zero-order valence-corrected chi connectivity index (χ0v) is 11.0. The van der Waals surface area contributed by atoms with Crippen LogP contribution in [-0.2, 0) is 6.54 Å². The second-order valence-corrected chi connectivity index (χ2v) is 4.56. The third-order valence-electron chi connectivity index (χ3n) is 3.26. The maximum absolute atomic E-state index is 9.95. The van der Waals surface area contributed by atoms with Gasteiger partial charge in [0.1, 0.15) is 11.6 Å². The summed E-state index contributed by atoms with van der Waals surface area (Å²) in [6, 6.07) is 7.99. The van der Waals surface area contributed by atoms with Crippen LogP contribution < -0.4 is 0 Å². The molecular formula is C15H15N3O.